The molecule has 0 atom stereocenters. The molecule has 0 amide bonds. The van der Waals surface area contributed by atoms with Crippen molar-refractivity contribution in [3.63, 3.8) is 0 Å². The van der Waals surface area contributed by atoms with Crippen LogP contribution < -0.4 is 5.32 Å². The molecule has 0 bridgehead atoms. The van der Waals surface area contributed by atoms with Crippen molar-refractivity contribution in [1.29, 1.82) is 0 Å². The number of allylic oxidation sites excluding steroid dienone is 1. The van der Waals surface area contributed by atoms with Crippen molar-refractivity contribution >= 4 is 0 Å². The molecule has 0 aromatic rings. The first kappa shape index (κ1) is 13.3. The van der Waals surface area contributed by atoms with Gasteiger partial charge < -0.3 is 5.32 Å². The summed E-state index contributed by atoms with van der Waals surface area (Å²) in [6.07, 6.45) is 5.98. The monoisotopic (exact) mass is 221 g/mol. The van der Waals surface area contributed by atoms with Crippen LogP contribution in [0.15, 0.2) is 24.4 Å². The van der Waals surface area contributed by atoms with Gasteiger partial charge in [0, 0.05) is 5.70 Å². The van der Waals surface area contributed by atoms with Crippen LogP contribution in [0.4, 0.5) is 0 Å². The molecule has 0 aliphatic heterocycles. The van der Waals surface area contributed by atoms with Crippen LogP contribution in [0.5, 0.6) is 0 Å². The summed E-state index contributed by atoms with van der Waals surface area (Å²) < 4.78 is 0. The van der Waals surface area contributed by atoms with Crippen LogP contribution in [0.1, 0.15) is 59.8 Å². The second-order valence-corrected chi connectivity index (χ2v) is 6.11. The van der Waals surface area contributed by atoms with Gasteiger partial charge in [0.1, 0.15) is 0 Å². The van der Waals surface area contributed by atoms with Crippen LogP contribution in [-0.4, -0.2) is 5.54 Å². The Balaban J connectivity index is 2.82. The maximum Gasteiger partial charge on any atom is 0.0579 e. The van der Waals surface area contributed by atoms with Gasteiger partial charge in [-0.1, -0.05) is 39.5 Å². The lowest BCUT2D eigenvalue weighted by Gasteiger charge is -2.46. The minimum absolute atomic E-state index is 0.121. The zero-order chi connectivity index (χ0) is 12.4. The minimum atomic E-state index is 0.121. The van der Waals surface area contributed by atoms with Crippen LogP contribution in [0.2, 0.25) is 0 Å². The first-order chi connectivity index (χ1) is 7.31. The molecule has 0 spiro atoms. The predicted octanol–water partition coefficient (Wildman–Crippen LogP) is 4.41. The van der Waals surface area contributed by atoms with Crippen molar-refractivity contribution in [2.24, 2.45) is 5.41 Å². The van der Waals surface area contributed by atoms with Gasteiger partial charge in [0.25, 0.3) is 0 Å². The maximum atomic E-state index is 4.27. The average Bonchev–Trinajstić information content (AvgIpc) is 2.20. The highest BCUT2D eigenvalue weighted by atomic mass is 15.0. The lowest BCUT2D eigenvalue weighted by atomic mass is 9.66. The third kappa shape index (κ3) is 2.90. The molecule has 1 aliphatic rings. The molecule has 1 heteroatoms. The number of nitrogens with one attached hydrogen (secondary N) is 1. The van der Waals surface area contributed by atoms with Crippen molar-refractivity contribution in [1.82, 2.24) is 5.32 Å². The van der Waals surface area contributed by atoms with E-state index in [4.69, 9.17) is 0 Å². The van der Waals surface area contributed by atoms with Crippen molar-refractivity contribution in [2.45, 2.75) is 65.3 Å². The molecule has 0 saturated heterocycles. The lowest BCUT2D eigenvalue weighted by Crippen LogP contribution is -2.49. The fraction of sp³-hybridized carbons (Fsp3) is 0.733. The lowest BCUT2D eigenvalue weighted by molar-refractivity contribution is 0.165. The van der Waals surface area contributed by atoms with Crippen molar-refractivity contribution < 1.29 is 0 Å². The van der Waals surface area contributed by atoms with Crippen molar-refractivity contribution in [2.75, 3.05) is 0 Å². The highest BCUT2D eigenvalue weighted by molar-refractivity contribution is 5.21. The van der Waals surface area contributed by atoms with Gasteiger partial charge in [-0.05, 0) is 44.4 Å². The van der Waals surface area contributed by atoms with Gasteiger partial charge in [0.2, 0.25) is 0 Å². The topological polar surface area (TPSA) is 12.0 Å². The number of hydrogen-bond donors (Lipinski definition) is 1. The zero-order valence-corrected chi connectivity index (χ0v) is 11.4. The SMILES string of the molecule is C=C(C)NC1(C(=C)CC)CCC(C)(C)CC1. The molecule has 0 heterocycles. The summed E-state index contributed by atoms with van der Waals surface area (Å²) in [5.74, 6) is 0. The van der Waals surface area contributed by atoms with Crippen LogP contribution in [0.25, 0.3) is 0 Å². The molecule has 0 aromatic heterocycles. The van der Waals surface area contributed by atoms with Crippen LogP contribution in [0, 0.1) is 5.41 Å². The smallest absolute Gasteiger partial charge is 0.0579 e. The normalized spacial score (nSPS) is 22.5. The van der Waals surface area contributed by atoms with Gasteiger partial charge in [-0.3, -0.25) is 0 Å². The van der Waals surface area contributed by atoms with Gasteiger partial charge >= 0.3 is 0 Å². The fourth-order valence-electron chi connectivity index (χ4n) is 2.67. The summed E-state index contributed by atoms with van der Waals surface area (Å²) in [4.78, 5) is 0. The van der Waals surface area contributed by atoms with Gasteiger partial charge in [0.15, 0.2) is 0 Å². The Morgan fingerprint density at radius 2 is 1.62 bits per heavy atom. The van der Waals surface area contributed by atoms with E-state index in [9.17, 15) is 0 Å². The Morgan fingerprint density at radius 3 is 2.00 bits per heavy atom. The molecule has 1 N–H and O–H groups in total. The van der Waals surface area contributed by atoms with E-state index < -0.39 is 0 Å². The van der Waals surface area contributed by atoms with E-state index >= 15 is 0 Å². The maximum absolute atomic E-state index is 4.27. The molecule has 0 unspecified atom stereocenters. The Morgan fingerprint density at radius 1 is 1.12 bits per heavy atom. The summed E-state index contributed by atoms with van der Waals surface area (Å²) in [5, 5.41) is 3.59. The number of hydrogen-bond acceptors (Lipinski definition) is 1. The second-order valence-electron chi connectivity index (χ2n) is 6.11. The van der Waals surface area contributed by atoms with Crippen molar-refractivity contribution in [3.05, 3.63) is 24.4 Å². The van der Waals surface area contributed by atoms with E-state index in [2.05, 4.69) is 39.2 Å². The van der Waals surface area contributed by atoms with Gasteiger partial charge in [-0.15, -0.1) is 0 Å². The molecule has 1 aliphatic carbocycles. The molecule has 1 saturated carbocycles. The second kappa shape index (κ2) is 4.65. The number of rotatable bonds is 4. The summed E-state index contributed by atoms with van der Waals surface area (Å²) in [6.45, 7) is 17.2. The largest absolute Gasteiger partial charge is 0.380 e. The molecule has 16 heavy (non-hydrogen) atoms. The van der Waals surface area contributed by atoms with E-state index in [1.807, 2.05) is 6.92 Å². The Bertz CT molecular complexity index is 276. The van der Waals surface area contributed by atoms with E-state index in [-0.39, 0.29) is 5.54 Å². The summed E-state index contributed by atoms with van der Waals surface area (Å²) >= 11 is 0. The molecule has 0 aromatic carbocycles. The summed E-state index contributed by atoms with van der Waals surface area (Å²) in [6, 6.07) is 0. The molecular weight excluding hydrogens is 194 g/mol. The van der Waals surface area contributed by atoms with Gasteiger partial charge in [-0.2, -0.15) is 0 Å². The Labute approximate surface area is 101 Å². The highest BCUT2D eigenvalue weighted by Gasteiger charge is 2.39. The minimum Gasteiger partial charge on any atom is -0.380 e. The molecule has 1 nitrogen and oxygen atoms in total. The standard InChI is InChI=1S/C15H27N/c1-7-13(4)15(16-12(2)3)10-8-14(5,6)9-11-15/h16H,2,4,7-11H2,1,3,5-6H3. The van der Waals surface area contributed by atoms with E-state index in [0.29, 0.717) is 5.41 Å². The zero-order valence-electron chi connectivity index (χ0n) is 11.4. The quantitative estimate of drug-likeness (QED) is 0.693. The Hall–Kier alpha value is -0.720. The van der Waals surface area contributed by atoms with E-state index in [1.165, 1.54) is 31.3 Å². The predicted molar refractivity (Wildman–Crippen MR) is 72.4 cm³/mol. The average molecular weight is 221 g/mol. The fourth-order valence-corrected chi connectivity index (χ4v) is 2.67. The molecule has 1 rings (SSSR count). The van der Waals surface area contributed by atoms with E-state index in [1.54, 1.807) is 0 Å². The molecular formula is C15H27N. The Kier molecular flexibility index (Phi) is 3.88. The molecule has 1 fully saturated rings. The first-order valence-electron chi connectivity index (χ1n) is 6.43. The molecule has 92 valence electrons. The van der Waals surface area contributed by atoms with Crippen LogP contribution in [-0.2, 0) is 0 Å². The van der Waals surface area contributed by atoms with Gasteiger partial charge in [0.05, 0.1) is 5.54 Å². The third-order valence-electron chi connectivity index (χ3n) is 4.01. The molecule has 0 radical (unpaired) electrons. The first-order valence-corrected chi connectivity index (χ1v) is 6.43. The van der Waals surface area contributed by atoms with Crippen molar-refractivity contribution in [3.8, 4) is 0 Å². The van der Waals surface area contributed by atoms with E-state index in [0.717, 1.165) is 12.1 Å². The van der Waals surface area contributed by atoms with Gasteiger partial charge in [-0.25, -0.2) is 0 Å². The summed E-state index contributed by atoms with van der Waals surface area (Å²) in [7, 11) is 0. The third-order valence-corrected chi connectivity index (χ3v) is 4.01. The summed E-state index contributed by atoms with van der Waals surface area (Å²) in [5.41, 5.74) is 3.02. The van der Waals surface area contributed by atoms with Crippen LogP contribution in [0.3, 0.4) is 0 Å². The van der Waals surface area contributed by atoms with Crippen LogP contribution >= 0.6 is 0 Å². The highest BCUT2D eigenvalue weighted by Crippen LogP contribution is 2.43.